The van der Waals surface area contributed by atoms with Crippen molar-refractivity contribution in [2.45, 2.75) is 31.6 Å². The number of fused-ring (bicyclic) bond motifs is 1. The van der Waals surface area contributed by atoms with Gasteiger partial charge in [0.15, 0.2) is 5.13 Å². The molecule has 2 nitrogen and oxygen atoms in total. The van der Waals surface area contributed by atoms with Gasteiger partial charge in [0.1, 0.15) is 0 Å². The molecular formula is C12H14N2S. The number of para-hydroxylation sites is 1. The SMILES string of the molecule is CCC1(c2cccc3sc(N)nc23)CC1. The molecule has 0 aliphatic heterocycles. The van der Waals surface area contributed by atoms with Crippen LogP contribution in [0.5, 0.6) is 0 Å². The van der Waals surface area contributed by atoms with E-state index in [9.17, 15) is 0 Å². The molecule has 1 fully saturated rings. The summed E-state index contributed by atoms with van der Waals surface area (Å²) in [4.78, 5) is 4.46. The molecule has 3 heteroatoms. The number of anilines is 1. The van der Waals surface area contributed by atoms with E-state index < -0.39 is 0 Å². The van der Waals surface area contributed by atoms with E-state index in [1.165, 1.54) is 29.5 Å². The molecule has 0 unspecified atom stereocenters. The molecule has 1 aromatic heterocycles. The third kappa shape index (κ3) is 1.26. The van der Waals surface area contributed by atoms with Crippen LogP contribution < -0.4 is 5.73 Å². The van der Waals surface area contributed by atoms with Crippen molar-refractivity contribution in [1.29, 1.82) is 0 Å². The van der Waals surface area contributed by atoms with Crippen LogP contribution in [0.2, 0.25) is 0 Å². The highest BCUT2D eigenvalue weighted by atomic mass is 32.1. The number of thiazole rings is 1. The fourth-order valence-electron chi connectivity index (χ4n) is 2.36. The molecule has 0 spiro atoms. The number of nitrogen functional groups attached to an aromatic ring is 1. The van der Waals surface area contributed by atoms with E-state index in [0.29, 0.717) is 10.5 Å². The van der Waals surface area contributed by atoms with Crippen LogP contribution in [0, 0.1) is 0 Å². The van der Waals surface area contributed by atoms with Crippen molar-refractivity contribution in [2.75, 3.05) is 5.73 Å². The van der Waals surface area contributed by atoms with E-state index in [1.54, 1.807) is 11.3 Å². The lowest BCUT2D eigenvalue weighted by Gasteiger charge is -2.12. The summed E-state index contributed by atoms with van der Waals surface area (Å²) in [6, 6.07) is 6.46. The summed E-state index contributed by atoms with van der Waals surface area (Å²) in [5.74, 6) is 0. The first-order chi connectivity index (χ1) is 7.25. The summed E-state index contributed by atoms with van der Waals surface area (Å²) < 4.78 is 1.23. The van der Waals surface area contributed by atoms with Gasteiger partial charge in [0.25, 0.3) is 0 Å². The van der Waals surface area contributed by atoms with E-state index in [4.69, 9.17) is 5.73 Å². The maximum absolute atomic E-state index is 5.77. The zero-order valence-electron chi connectivity index (χ0n) is 8.79. The minimum atomic E-state index is 0.417. The quantitative estimate of drug-likeness (QED) is 0.839. The number of hydrogen-bond donors (Lipinski definition) is 1. The van der Waals surface area contributed by atoms with Gasteiger partial charge in [0, 0.05) is 0 Å². The summed E-state index contributed by atoms with van der Waals surface area (Å²) in [5.41, 5.74) is 8.74. The van der Waals surface area contributed by atoms with Crippen LogP contribution >= 0.6 is 11.3 Å². The van der Waals surface area contributed by atoms with Gasteiger partial charge in [-0.1, -0.05) is 30.4 Å². The fraction of sp³-hybridized carbons (Fsp3) is 0.417. The number of nitrogens with zero attached hydrogens (tertiary/aromatic N) is 1. The number of hydrogen-bond acceptors (Lipinski definition) is 3. The highest BCUT2D eigenvalue weighted by Gasteiger charge is 2.43. The maximum atomic E-state index is 5.77. The standard InChI is InChI=1S/C12H14N2S/c1-2-12(6-7-12)8-4-3-5-9-10(8)14-11(13)15-9/h3-5H,2,6-7H2,1H3,(H2,13,14). The van der Waals surface area contributed by atoms with E-state index in [-0.39, 0.29) is 0 Å². The van der Waals surface area contributed by atoms with Crippen LogP contribution in [0.1, 0.15) is 31.7 Å². The Kier molecular flexibility index (Phi) is 1.80. The van der Waals surface area contributed by atoms with Crippen molar-refractivity contribution >= 4 is 26.7 Å². The molecule has 15 heavy (non-hydrogen) atoms. The smallest absolute Gasteiger partial charge is 0.181 e. The first-order valence-corrected chi connectivity index (χ1v) is 6.22. The van der Waals surface area contributed by atoms with Gasteiger partial charge in [0.05, 0.1) is 10.2 Å². The molecule has 0 radical (unpaired) electrons. The van der Waals surface area contributed by atoms with Gasteiger partial charge in [0.2, 0.25) is 0 Å². The minimum Gasteiger partial charge on any atom is -0.375 e. The average Bonchev–Trinajstić information content (AvgIpc) is 2.93. The molecule has 78 valence electrons. The molecule has 0 amide bonds. The van der Waals surface area contributed by atoms with Crippen LogP contribution in [0.3, 0.4) is 0 Å². The van der Waals surface area contributed by atoms with Crippen molar-refractivity contribution in [3.63, 3.8) is 0 Å². The zero-order valence-corrected chi connectivity index (χ0v) is 9.60. The largest absolute Gasteiger partial charge is 0.375 e. The number of benzene rings is 1. The van der Waals surface area contributed by atoms with Crippen molar-refractivity contribution in [3.05, 3.63) is 23.8 Å². The lowest BCUT2D eigenvalue weighted by atomic mass is 9.92. The monoisotopic (exact) mass is 218 g/mol. The van der Waals surface area contributed by atoms with Gasteiger partial charge in [-0.25, -0.2) is 4.98 Å². The Balaban J connectivity index is 2.26. The van der Waals surface area contributed by atoms with Gasteiger partial charge < -0.3 is 5.73 Å². The van der Waals surface area contributed by atoms with Crippen molar-refractivity contribution in [3.8, 4) is 0 Å². The molecule has 0 atom stereocenters. The van der Waals surface area contributed by atoms with Crippen LogP contribution in [-0.2, 0) is 5.41 Å². The van der Waals surface area contributed by atoms with Crippen LogP contribution in [0.25, 0.3) is 10.2 Å². The predicted octanol–water partition coefficient (Wildman–Crippen LogP) is 3.32. The molecule has 1 aromatic carbocycles. The maximum Gasteiger partial charge on any atom is 0.181 e. The second-order valence-corrected chi connectivity index (χ2v) is 5.40. The molecule has 0 bridgehead atoms. The first kappa shape index (κ1) is 9.16. The molecule has 1 aliphatic rings. The Labute approximate surface area is 93.1 Å². The Morgan fingerprint density at radius 1 is 1.47 bits per heavy atom. The second-order valence-electron chi connectivity index (χ2n) is 4.34. The zero-order chi connectivity index (χ0) is 10.5. The lowest BCUT2D eigenvalue weighted by Crippen LogP contribution is -2.04. The highest BCUT2D eigenvalue weighted by Crippen LogP contribution is 2.52. The Morgan fingerprint density at radius 2 is 2.27 bits per heavy atom. The van der Waals surface area contributed by atoms with Gasteiger partial charge in [-0.05, 0) is 36.3 Å². The van der Waals surface area contributed by atoms with Crippen LogP contribution in [-0.4, -0.2) is 4.98 Å². The molecule has 1 heterocycles. The Morgan fingerprint density at radius 3 is 2.93 bits per heavy atom. The normalized spacial score (nSPS) is 18.2. The third-order valence-corrected chi connectivity index (χ3v) is 4.39. The third-order valence-electron chi connectivity index (χ3n) is 3.54. The molecule has 0 saturated heterocycles. The van der Waals surface area contributed by atoms with Crippen molar-refractivity contribution < 1.29 is 0 Å². The highest BCUT2D eigenvalue weighted by molar-refractivity contribution is 7.22. The van der Waals surface area contributed by atoms with Gasteiger partial charge in [-0.15, -0.1) is 0 Å². The molecule has 2 aromatic rings. The predicted molar refractivity (Wildman–Crippen MR) is 65.2 cm³/mol. The summed E-state index contributed by atoms with van der Waals surface area (Å²) >= 11 is 1.59. The van der Waals surface area contributed by atoms with Crippen LogP contribution in [0.4, 0.5) is 5.13 Å². The van der Waals surface area contributed by atoms with Crippen molar-refractivity contribution in [1.82, 2.24) is 4.98 Å². The molecule has 3 rings (SSSR count). The Hall–Kier alpha value is -1.09. The van der Waals surface area contributed by atoms with E-state index in [1.807, 2.05) is 0 Å². The molecular weight excluding hydrogens is 204 g/mol. The van der Waals surface area contributed by atoms with Crippen LogP contribution in [0.15, 0.2) is 18.2 Å². The first-order valence-electron chi connectivity index (χ1n) is 5.41. The van der Waals surface area contributed by atoms with Gasteiger partial charge in [-0.2, -0.15) is 0 Å². The molecule has 1 saturated carbocycles. The number of aromatic nitrogens is 1. The average molecular weight is 218 g/mol. The summed E-state index contributed by atoms with van der Waals surface area (Å²) in [7, 11) is 0. The minimum absolute atomic E-state index is 0.417. The van der Waals surface area contributed by atoms with Gasteiger partial charge in [-0.3, -0.25) is 0 Å². The summed E-state index contributed by atoms with van der Waals surface area (Å²) in [6.45, 7) is 2.27. The number of nitrogens with two attached hydrogens (primary N) is 1. The van der Waals surface area contributed by atoms with Crippen molar-refractivity contribution in [2.24, 2.45) is 0 Å². The summed E-state index contributed by atoms with van der Waals surface area (Å²) in [6.07, 6.45) is 3.82. The van der Waals surface area contributed by atoms with E-state index in [0.717, 1.165) is 5.52 Å². The number of rotatable bonds is 2. The molecule has 2 N–H and O–H groups in total. The van der Waals surface area contributed by atoms with E-state index in [2.05, 4.69) is 30.1 Å². The lowest BCUT2D eigenvalue weighted by molar-refractivity contribution is 0.669. The molecule has 1 aliphatic carbocycles. The summed E-state index contributed by atoms with van der Waals surface area (Å²) in [5, 5.41) is 0.685. The Bertz CT molecular complexity index is 511. The van der Waals surface area contributed by atoms with E-state index >= 15 is 0 Å². The topological polar surface area (TPSA) is 38.9 Å². The van der Waals surface area contributed by atoms with Gasteiger partial charge >= 0.3 is 0 Å². The second kappa shape index (κ2) is 2.95. The fourth-order valence-corrected chi connectivity index (χ4v) is 3.12.